The van der Waals surface area contributed by atoms with Crippen molar-refractivity contribution in [3.63, 3.8) is 0 Å². The van der Waals surface area contributed by atoms with Gasteiger partial charge in [-0.3, -0.25) is 9.59 Å². The molecule has 272 valence electrons. The average Bonchev–Trinajstić information content (AvgIpc) is 3.99. The average molecular weight is 663 g/mol. The van der Waals surface area contributed by atoms with Gasteiger partial charge in [0.25, 0.3) is 0 Å². The van der Waals surface area contributed by atoms with E-state index >= 15 is 0 Å². The number of ether oxygens (including phenoxy) is 5. The van der Waals surface area contributed by atoms with Crippen LogP contribution in [0.5, 0.6) is 0 Å². The van der Waals surface area contributed by atoms with Gasteiger partial charge in [0.15, 0.2) is 0 Å². The van der Waals surface area contributed by atoms with Crippen LogP contribution in [0.15, 0.2) is 0 Å². The molecule has 8 unspecified atom stereocenters. The highest BCUT2D eigenvalue weighted by molar-refractivity contribution is 5.82. The van der Waals surface area contributed by atoms with Crippen LogP contribution in [0.3, 0.4) is 0 Å². The van der Waals surface area contributed by atoms with E-state index < -0.39 is 11.8 Å². The van der Waals surface area contributed by atoms with Gasteiger partial charge < -0.3 is 23.7 Å². The molecule has 1 saturated carbocycles. The van der Waals surface area contributed by atoms with Gasteiger partial charge in [-0.25, -0.2) is 0 Å². The highest BCUT2D eigenvalue weighted by Gasteiger charge is 2.53. The Kier molecular flexibility index (Phi) is 18.5. The Labute approximate surface area is 287 Å². The third-order valence-corrected chi connectivity index (χ3v) is 11.1. The summed E-state index contributed by atoms with van der Waals surface area (Å²) in [6, 6.07) is 0. The van der Waals surface area contributed by atoms with Gasteiger partial charge in [0.05, 0.1) is 61.7 Å². The summed E-state index contributed by atoms with van der Waals surface area (Å²) in [4.78, 5) is 25.9. The topological polar surface area (TPSA) is 90.2 Å². The fraction of sp³-hybridized carbons (Fsp3) is 0.950. The van der Waals surface area contributed by atoms with E-state index in [2.05, 4.69) is 13.8 Å². The van der Waals surface area contributed by atoms with E-state index in [1.807, 2.05) is 0 Å². The monoisotopic (exact) mass is 663 g/mol. The van der Waals surface area contributed by atoms with E-state index in [0.29, 0.717) is 50.5 Å². The van der Waals surface area contributed by atoms with Crippen molar-refractivity contribution in [3.8, 4) is 0 Å². The lowest BCUT2D eigenvalue weighted by Gasteiger charge is -2.26. The molecule has 0 radical (unpaired) electrons. The van der Waals surface area contributed by atoms with Crippen molar-refractivity contribution in [2.24, 2.45) is 11.8 Å². The summed E-state index contributed by atoms with van der Waals surface area (Å²) in [5.41, 5.74) is 0. The van der Waals surface area contributed by atoms with E-state index in [0.717, 1.165) is 25.7 Å². The van der Waals surface area contributed by atoms with Gasteiger partial charge >= 0.3 is 11.9 Å². The molecule has 0 aromatic heterocycles. The molecular formula is C40H70O7. The van der Waals surface area contributed by atoms with Crippen LogP contribution in [0.1, 0.15) is 181 Å². The number of hydrogen-bond acceptors (Lipinski definition) is 7. The van der Waals surface area contributed by atoms with Gasteiger partial charge in [0.1, 0.15) is 0 Å². The molecule has 3 saturated heterocycles. The Morgan fingerprint density at radius 1 is 0.447 bits per heavy atom. The van der Waals surface area contributed by atoms with Gasteiger partial charge in [-0.2, -0.15) is 0 Å². The molecule has 0 bridgehead atoms. The summed E-state index contributed by atoms with van der Waals surface area (Å²) in [6.07, 6.45) is 33.0. The van der Waals surface area contributed by atoms with Crippen molar-refractivity contribution >= 4 is 11.9 Å². The largest absolute Gasteiger partial charge is 0.465 e. The summed E-state index contributed by atoms with van der Waals surface area (Å²) in [7, 11) is 0. The molecule has 7 heteroatoms. The summed E-state index contributed by atoms with van der Waals surface area (Å²) >= 11 is 0. The van der Waals surface area contributed by atoms with Gasteiger partial charge in [0, 0.05) is 0 Å². The molecular weight excluding hydrogens is 592 g/mol. The lowest BCUT2D eigenvalue weighted by Crippen LogP contribution is -2.37. The zero-order chi connectivity index (χ0) is 33.1. The SMILES string of the molecule is CCCCC1OC1CCCCCCCCCCOC(=O)C1CC2OC2CC1C(=O)OCCCCCCCCCCC1OC1CCCC. The van der Waals surface area contributed by atoms with Crippen LogP contribution >= 0.6 is 0 Å². The molecule has 8 atom stereocenters. The first kappa shape index (κ1) is 38.6. The second-order valence-electron chi connectivity index (χ2n) is 15.2. The molecule has 3 heterocycles. The van der Waals surface area contributed by atoms with Crippen LogP contribution in [0.2, 0.25) is 0 Å². The van der Waals surface area contributed by atoms with Crippen LogP contribution in [0.4, 0.5) is 0 Å². The standard InChI is InChI=1S/C40H70O7/c1-3-5-23-33-35(45-33)25-19-15-11-7-9-13-17-21-27-43-39(41)31-29-37-38(47-37)30-32(31)40(42)44-28-22-18-14-10-8-12-16-20-26-36-34(46-36)24-6-4-2/h31-38H,3-30H2,1-2H3. The fourth-order valence-corrected chi connectivity index (χ4v) is 7.70. The molecule has 0 amide bonds. The van der Waals surface area contributed by atoms with Crippen molar-refractivity contribution in [2.45, 2.75) is 217 Å². The van der Waals surface area contributed by atoms with Crippen molar-refractivity contribution in [3.05, 3.63) is 0 Å². The molecule has 7 nitrogen and oxygen atoms in total. The normalized spacial score (nSPS) is 28.9. The molecule has 1 aliphatic carbocycles. The number of rotatable bonds is 30. The second kappa shape index (κ2) is 22.5. The molecule has 0 N–H and O–H groups in total. The quantitative estimate of drug-likeness (QED) is 0.0430. The first-order chi connectivity index (χ1) is 23.1. The maximum Gasteiger partial charge on any atom is 0.309 e. The molecule has 47 heavy (non-hydrogen) atoms. The van der Waals surface area contributed by atoms with Crippen LogP contribution in [-0.4, -0.2) is 61.8 Å². The molecule has 4 aliphatic rings. The summed E-state index contributed by atoms with van der Waals surface area (Å²) in [5, 5.41) is 0. The summed E-state index contributed by atoms with van der Waals surface area (Å²) in [6.45, 7) is 5.38. The Balaban J connectivity index is 0.931. The Morgan fingerprint density at radius 2 is 0.766 bits per heavy atom. The van der Waals surface area contributed by atoms with Gasteiger partial charge in [-0.05, 0) is 51.4 Å². The predicted molar refractivity (Wildman–Crippen MR) is 186 cm³/mol. The van der Waals surface area contributed by atoms with E-state index in [-0.39, 0.29) is 24.1 Å². The van der Waals surface area contributed by atoms with Crippen LogP contribution < -0.4 is 0 Å². The first-order valence-corrected chi connectivity index (χ1v) is 20.4. The number of carbonyl (C=O) groups excluding carboxylic acids is 2. The third-order valence-electron chi connectivity index (χ3n) is 11.1. The van der Waals surface area contributed by atoms with E-state index in [1.54, 1.807) is 0 Å². The Hall–Kier alpha value is -1.18. The van der Waals surface area contributed by atoms with Crippen LogP contribution in [-0.2, 0) is 33.3 Å². The smallest absolute Gasteiger partial charge is 0.309 e. The maximum atomic E-state index is 13.0. The molecule has 3 aliphatic heterocycles. The number of esters is 2. The van der Waals surface area contributed by atoms with E-state index in [1.165, 1.54) is 128 Å². The molecule has 0 aromatic rings. The van der Waals surface area contributed by atoms with E-state index in [9.17, 15) is 9.59 Å². The van der Waals surface area contributed by atoms with Crippen molar-refractivity contribution in [1.82, 2.24) is 0 Å². The number of epoxide rings is 3. The van der Waals surface area contributed by atoms with Crippen molar-refractivity contribution in [2.75, 3.05) is 13.2 Å². The summed E-state index contributed by atoms with van der Waals surface area (Å²) in [5.74, 6) is -1.33. The third kappa shape index (κ3) is 15.5. The number of hydrogen-bond donors (Lipinski definition) is 0. The molecule has 0 spiro atoms. The minimum absolute atomic E-state index is 0.112. The fourth-order valence-electron chi connectivity index (χ4n) is 7.70. The number of fused-ring (bicyclic) bond motifs is 1. The summed E-state index contributed by atoms with van der Waals surface area (Å²) < 4.78 is 28.6. The Bertz CT molecular complexity index is 796. The number of carbonyl (C=O) groups is 2. The van der Waals surface area contributed by atoms with E-state index in [4.69, 9.17) is 23.7 Å². The highest BCUT2D eigenvalue weighted by atomic mass is 16.6. The maximum absolute atomic E-state index is 13.0. The second-order valence-corrected chi connectivity index (χ2v) is 15.2. The van der Waals surface area contributed by atoms with Crippen LogP contribution in [0.25, 0.3) is 0 Å². The zero-order valence-electron chi connectivity index (χ0n) is 30.3. The lowest BCUT2D eigenvalue weighted by molar-refractivity contribution is -0.162. The van der Waals surface area contributed by atoms with Crippen molar-refractivity contribution in [1.29, 1.82) is 0 Å². The lowest BCUT2D eigenvalue weighted by atomic mass is 9.79. The molecule has 4 fully saturated rings. The Morgan fingerprint density at radius 3 is 1.13 bits per heavy atom. The van der Waals surface area contributed by atoms with Gasteiger partial charge in [0.2, 0.25) is 0 Å². The first-order valence-electron chi connectivity index (χ1n) is 20.4. The van der Waals surface area contributed by atoms with Crippen LogP contribution in [0, 0.1) is 11.8 Å². The van der Waals surface area contributed by atoms with Gasteiger partial charge in [-0.15, -0.1) is 0 Å². The number of unbranched alkanes of at least 4 members (excludes halogenated alkanes) is 16. The molecule has 0 aromatic carbocycles. The predicted octanol–water partition coefficient (Wildman–Crippen LogP) is 9.80. The van der Waals surface area contributed by atoms with Crippen molar-refractivity contribution < 1.29 is 33.3 Å². The highest BCUT2D eigenvalue weighted by Crippen LogP contribution is 2.44. The minimum atomic E-state index is -0.428. The van der Waals surface area contributed by atoms with Gasteiger partial charge in [-0.1, -0.05) is 129 Å². The zero-order valence-corrected chi connectivity index (χ0v) is 30.3. The molecule has 4 rings (SSSR count). The minimum Gasteiger partial charge on any atom is -0.465 e.